The summed E-state index contributed by atoms with van der Waals surface area (Å²) in [6, 6.07) is 30.7. The molecule has 4 rings (SSSR count). The van der Waals surface area contributed by atoms with Crippen molar-refractivity contribution in [1.82, 2.24) is 4.90 Å². The first-order valence-electron chi connectivity index (χ1n) is 11.9. The predicted molar refractivity (Wildman–Crippen MR) is 139 cm³/mol. The standard InChI is InChI=1S/C29H34NO2P/c1-29(2,3)32-28(31)30-20-18-23(19-21-30)22-24-12-10-11-17-27(24)33(25-13-6-4-7-14-25)26-15-8-5-9-16-26/h4-17,23H,18-22H2,1-3H3. The topological polar surface area (TPSA) is 29.5 Å². The molecular formula is C29H34NO2P. The molecule has 33 heavy (non-hydrogen) atoms. The SMILES string of the molecule is CC(C)(C)OC(=O)N1CCC(Cc2ccccc2P(c2ccccc2)c2ccccc2)CC1. The third-order valence-electron chi connectivity index (χ3n) is 6.04. The summed E-state index contributed by atoms with van der Waals surface area (Å²) in [5, 5.41) is 4.20. The van der Waals surface area contributed by atoms with Crippen LogP contribution in [0.3, 0.4) is 0 Å². The smallest absolute Gasteiger partial charge is 0.410 e. The summed E-state index contributed by atoms with van der Waals surface area (Å²) in [7, 11) is -0.613. The molecule has 0 unspecified atom stereocenters. The lowest BCUT2D eigenvalue weighted by Gasteiger charge is -2.34. The van der Waals surface area contributed by atoms with Gasteiger partial charge >= 0.3 is 6.09 Å². The molecule has 1 aliphatic rings. The van der Waals surface area contributed by atoms with E-state index in [1.54, 1.807) is 0 Å². The molecule has 1 aliphatic heterocycles. The van der Waals surface area contributed by atoms with Gasteiger partial charge in [0.05, 0.1) is 0 Å². The van der Waals surface area contributed by atoms with Crippen LogP contribution in [0.25, 0.3) is 0 Å². The maximum absolute atomic E-state index is 12.4. The highest BCUT2D eigenvalue weighted by molar-refractivity contribution is 7.79. The van der Waals surface area contributed by atoms with Crippen molar-refractivity contribution in [3.05, 3.63) is 90.5 Å². The van der Waals surface area contributed by atoms with Gasteiger partial charge in [-0.15, -0.1) is 0 Å². The van der Waals surface area contributed by atoms with Crippen molar-refractivity contribution in [3.8, 4) is 0 Å². The first kappa shape index (κ1) is 23.5. The number of carbonyl (C=O) groups is 1. The van der Waals surface area contributed by atoms with Crippen LogP contribution in [0, 0.1) is 5.92 Å². The molecule has 3 aromatic rings. The quantitative estimate of drug-likeness (QED) is 0.463. The molecule has 0 bridgehead atoms. The van der Waals surface area contributed by atoms with E-state index in [0.29, 0.717) is 5.92 Å². The van der Waals surface area contributed by atoms with E-state index in [2.05, 4.69) is 84.9 Å². The number of carbonyl (C=O) groups excluding carboxylic acids is 1. The van der Waals surface area contributed by atoms with E-state index in [9.17, 15) is 4.79 Å². The van der Waals surface area contributed by atoms with Gasteiger partial charge in [-0.05, 0) is 75.4 Å². The number of benzene rings is 3. The summed E-state index contributed by atoms with van der Waals surface area (Å²) in [6.45, 7) is 7.31. The molecule has 172 valence electrons. The minimum absolute atomic E-state index is 0.182. The molecule has 0 aliphatic carbocycles. The van der Waals surface area contributed by atoms with Crippen LogP contribution < -0.4 is 15.9 Å². The summed E-state index contributed by atoms with van der Waals surface area (Å²) < 4.78 is 5.57. The molecule has 1 saturated heterocycles. The monoisotopic (exact) mass is 459 g/mol. The fourth-order valence-electron chi connectivity index (χ4n) is 4.44. The lowest BCUT2D eigenvalue weighted by Crippen LogP contribution is -2.42. The Morgan fingerprint density at radius 1 is 0.848 bits per heavy atom. The Balaban J connectivity index is 1.53. The third kappa shape index (κ3) is 6.24. The van der Waals surface area contributed by atoms with Gasteiger partial charge in [-0.2, -0.15) is 0 Å². The maximum Gasteiger partial charge on any atom is 0.410 e. The van der Waals surface area contributed by atoms with Crippen LogP contribution in [0.4, 0.5) is 4.79 Å². The first-order chi connectivity index (χ1) is 15.9. The van der Waals surface area contributed by atoms with Gasteiger partial charge in [-0.1, -0.05) is 84.9 Å². The molecule has 3 aromatic carbocycles. The van der Waals surface area contributed by atoms with Crippen molar-refractivity contribution in [2.24, 2.45) is 5.92 Å². The average Bonchev–Trinajstić information content (AvgIpc) is 2.81. The zero-order valence-corrected chi connectivity index (χ0v) is 20.8. The number of likely N-dealkylation sites (tertiary alicyclic amines) is 1. The number of piperidine rings is 1. The fraction of sp³-hybridized carbons (Fsp3) is 0.345. The van der Waals surface area contributed by atoms with Crippen LogP contribution in [0.2, 0.25) is 0 Å². The number of rotatable bonds is 5. The van der Waals surface area contributed by atoms with Gasteiger partial charge < -0.3 is 9.64 Å². The van der Waals surface area contributed by atoms with Crippen molar-refractivity contribution >= 4 is 29.9 Å². The van der Waals surface area contributed by atoms with Crippen LogP contribution >= 0.6 is 7.92 Å². The summed E-state index contributed by atoms with van der Waals surface area (Å²) in [5.74, 6) is 0.577. The van der Waals surface area contributed by atoms with Gasteiger partial charge in [0.15, 0.2) is 0 Å². The van der Waals surface area contributed by atoms with E-state index < -0.39 is 13.5 Å². The van der Waals surface area contributed by atoms with Crippen molar-refractivity contribution in [1.29, 1.82) is 0 Å². The molecule has 1 fully saturated rings. The number of ether oxygens (including phenoxy) is 1. The fourth-order valence-corrected chi connectivity index (χ4v) is 6.92. The molecule has 0 saturated carbocycles. The van der Waals surface area contributed by atoms with Gasteiger partial charge in [-0.25, -0.2) is 4.79 Å². The lowest BCUT2D eigenvalue weighted by atomic mass is 9.90. The first-order valence-corrected chi connectivity index (χ1v) is 13.2. The van der Waals surface area contributed by atoms with E-state index in [1.165, 1.54) is 21.5 Å². The summed E-state index contributed by atoms with van der Waals surface area (Å²) in [6.07, 6.45) is 2.90. The van der Waals surface area contributed by atoms with Crippen LogP contribution in [0.5, 0.6) is 0 Å². The molecule has 0 aromatic heterocycles. The van der Waals surface area contributed by atoms with Crippen LogP contribution in [0.1, 0.15) is 39.2 Å². The van der Waals surface area contributed by atoms with E-state index in [-0.39, 0.29) is 6.09 Å². The molecule has 1 heterocycles. The molecule has 4 heteroatoms. The lowest BCUT2D eigenvalue weighted by molar-refractivity contribution is 0.0184. The molecule has 0 radical (unpaired) electrons. The molecule has 1 amide bonds. The van der Waals surface area contributed by atoms with Gasteiger partial charge in [0.25, 0.3) is 0 Å². The normalized spacial score (nSPS) is 15.0. The van der Waals surface area contributed by atoms with Gasteiger partial charge in [0, 0.05) is 13.1 Å². The number of nitrogens with zero attached hydrogens (tertiary/aromatic N) is 1. The van der Waals surface area contributed by atoms with Crippen LogP contribution in [0.15, 0.2) is 84.9 Å². The summed E-state index contributed by atoms with van der Waals surface area (Å²) >= 11 is 0. The van der Waals surface area contributed by atoms with Crippen LogP contribution in [-0.2, 0) is 11.2 Å². The zero-order chi connectivity index (χ0) is 23.3. The second-order valence-electron chi connectivity index (χ2n) is 9.75. The zero-order valence-electron chi connectivity index (χ0n) is 19.9. The van der Waals surface area contributed by atoms with E-state index in [4.69, 9.17) is 4.74 Å². The van der Waals surface area contributed by atoms with E-state index in [1.807, 2.05) is 25.7 Å². The van der Waals surface area contributed by atoms with E-state index >= 15 is 0 Å². The van der Waals surface area contributed by atoms with Crippen LogP contribution in [-0.4, -0.2) is 29.7 Å². The van der Waals surface area contributed by atoms with Gasteiger partial charge in [0.1, 0.15) is 5.60 Å². The minimum Gasteiger partial charge on any atom is -0.444 e. The third-order valence-corrected chi connectivity index (χ3v) is 8.58. The molecular weight excluding hydrogens is 425 g/mol. The number of amides is 1. The highest BCUT2D eigenvalue weighted by Crippen LogP contribution is 2.35. The molecule has 0 atom stereocenters. The Morgan fingerprint density at radius 2 is 1.36 bits per heavy atom. The largest absolute Gasteiger partial charge is 0.444 e. The molecule has 0 N–H and O–H groups in total. The number of hydrogen-bond acceptors (Lipinski definition) is 2. The second kappa shape index (κ2) is 10.5. The second-order valence-corrected chi connectivity index (χ2v) is 11.9. The average molecular weight is 460 g/mol. The van der Waals surface area contributed by atoms with Crippen molar-refractivity contribution < 1.29 is 9.53 Å². The minimum atomic E-state index is -0.613. The predicted octanol–water partition coefficient (Wildman–Crippen LogP) is 5.63. The van der Waals surface area contributed by atoms with Crippen molar-refractivity contribution in [2.75, 3.05) is 13.1 Å². The Hall–Kier alpha value is -2.64. The Kier molecular flexibility index (Phi) is 7.50. The van der Waals surface area contributed by atoms with Gasteiger partial charge in [0.2, 0.25) is 0 Å². The summed E-state index contributed by atoms with van der Waals surface area (Å²) in [5.41, 5.74) is 0.992. The Morgan fingerprint density at radius 3 is 1.91 bits per heavy atom. The van der Waals surface area contributed by atoms with E-state index in [0.717, 1.165) is 32.4 Å². The number of hydrogen-bond donors (Lipinski definition) is 0. The highest BCUT2D eigenvalue weighted by Gasteiger charge is 2.28. The summed E-state index contributed by atoms with van der Waals surface area (Å²) in [4.78, 5) is 14.3. The maximum atomic E-state index is 12.4. The molecule has 3 nitrogen and oxygen atoms in total. The Labute approximate surface area is 199 Å². The molecule has 0 spiro atoms. The van der Waals surface area contributed by atoms with Crippen molar-refractivity contribution in [3.63, 3.8) is 0 Å². The van der Waals surface area contributed by atoms with Crippen molar-refractivity contribution in [2.45, 2.75) is 45.6 Å². The highest BCUT2D eigenvalue weighted by atomic mass is 31.1. The van der Waals surface area contributed by atoms with Gasteiger partial charge in [-0.3, -0.25) is 0 Å². The Bertz CT molecular complexity index is 998.